The van der Waals surface area contributed by atoms with E-state index in [4.69, 9.17) is 11.5 Å². The van der Waals surface area contributed by atoms with E-state index in [1.165, 1.54) is 6.07 Å². The lowest BCUT2D eigenvalue weighted by molar-refractivity contribution is 0.597. The number of hydrogen-bond donors (Lipinski definition) is 2. The lowest BCUT2D eigenvalue weighted by Gasteiger charge is -2.10. The van der Waals surface area contributed by atoms with Crippen molar-refractivity contribution < 1.29 is 8.42 Å². The Morgan fingerprint density at radius 2 is 1.73 bits per heavy atom. The lowest BCUT2D eigenvalue weighted by atomic mass is 10.2. The summed E-state index contributed by atoms with van der Waals surface area (Å²) in [6, 6.07) is 11.5. The van der Waals surface area contributed by atoms with Crippen LogP contribution >= 0.6 is 0 Å². The largest absolute Gasteiger partial charge is 0.383 e. The number of aromatic nitrogens is 2. The predicted molar refractivity (Wildman–Crippen MR) is 85.0 cm³/mol. The smallest absolute Gasteiger partial charge is 0.222 e. The van der Waals surface area contributed by atoms with Gasteiger partial charge in [-0.15, -0.1) is 0 Å². The number of anilines is 2. The van der Waals surface area contributed by atoms with Gasteiger partial charge in [-0.25, -0.2) is 13.4 Å². The molecule has 0 aliphatic heterocycles. The first-order valence-electron chi connectivity index (χ1n) is 6.53. The average Bonchev–Trinajstić information content (AvgIpc) is 2.46. The molecule has 0 amide bonds. The van der Waals surface area contributed by atoms with Gasteiger partial charge in [0.2, 0.25) is 15.8 Å². The van der Waals surface area contributed by atoms with Gasteiger partial charge in [0.05, 0.1) is 20.7 Å². The van der Waals surface area contributed by atoms with E-state index in [2.05, 4.69) is 9.97 Å². The lowest BCUT2D eigenvalue weighted by Crippen LogP contribution is -2.07. The third-order valence-corrected chi connectivity index (χ3v) is 5.11. The van der Waals surface area contributed by atoms with E-state index in [1.807, 2.05) is 13.0 Å². The Hall–Kier alpha value is -2.67. The molecule has 1 aromatic heterocycles. The van der Waals surface area contributed by atoms with Crippen LogP contribution in [-0.2, 0) is 9.84 Å². The first-order chi connectivity index (χ1) is 10.4. The van der Waals surface area contributed by atoms with Crippen LogP contribution in [0.2, 0.25) is 0 Å². The van der Waals surface area contributed by atoms with E-state index in [-0.39, 0.29) is 21.6 Å². The fourth-order valence-electron chi connectivity index (χ4n) is 2.33. The normalized spacial score (nSPS) is 11.7. The van der Waals surface area contributed by atoms with Crippen molar-refractivity contribution >= 4 is 32.5 Å². The number of hydrogen-bond acceptors (Lipinski definition) is 6. The van der Waals surface area contributed by atoms with Crippen molar-refractivity contribution in [3.63, 3.8) is 0 Å². The minimum atomic E-state index is -3.72. The molecule has 0 bridgehead atoms. The maximum Gasteiger partial charge on any atom is 0.222 e. The molecule has 2 aromatic carbocycles. The number of nitrogens with zero attached hydrogens (tertiary/aromatic N) is 2. The SMILES string of the molecule is Cc1cccc(S(=O)(=O)c2cccc3nc(N)nc(N)c23)c1. The van der Waals surface area contributed by atoms with Gasteiger partial charge < -0.3 is 11.5 Å². The van der Waals surface area contributed by atoms with Crippen molar-refractivity contribution in [3.8, 4) is 0 Å². The van der Waals surface area contributed by atoms with Gasteiger partial charge in [-0.05, 0) is 36.8 Å². The zero-order valence-corrected chi connectivity index (χ0v) is 12.6. The van der Waals surface area contributed by atoms with Crippen LogP contribution in [0.5, 0.6) is 0 Å². The van der Waals surface area contributed by atoms with Crippen LogP contribution < -0.4 is 11.5 Å². The molecule has 0 spiro atoms. The number of nitrogen functional groups attached to an aromatic ring is 2. The second-order valence-corrected chi connectivity index (χ2v) is 6.86. The molecule has 112 valence electrons. The standard InChI is InChI=1S/C15H14N4O2S/c1-9-4-2-5-10(8-9)22(20,21)12-7-3-6-11-13(12)14(16)19-15(17)18-11/h2-8H,1H3,(H4,16,17,18,19). The van der Waals surface area contributed by atoms with Crippen LogP contribution in [0.4, 0.5) is 11.8 Å². The molecule has 0 atom stereocenters. The van der Waals surface area contributed by atoms with E-state index >= 15 is 0 Å². The number of benzene rings is 2. The first-order valence-corrected chi connectivity index (χ1v) is 8.01. The fourth-order valence-corrected chi connectivity index (χ4v) is 3.92. The van der Waals surface area contributed by atoms with Crippen LogP contribution in [0.25, 0.3) is 10.9 Å². The van der Waals surface area contributed by atoms with E-state index in [0.717, 1.165) is 5.56 Å². The number of sulfone groups is 1. The summed E-state index contributed by atoms with van der Waals surface area (Å²) in [5.74, 6) is 0.0597. The molecule has 0 saturated carbocycles. The summed E-state index contributed by atoms with van der Waals surface area (Å²) >= 11 is 0. The molecular formula is C15H14N4O2S. The van der Waals surface area contributed by atoms with Gasteiger partial charge in [0.25, 0.3) is 0 Å². The summed E-state index contributed by atoms with van der Waals surface area (Å²) in [5.41, 5.74) is 12.7. The van der Waals surface area contributed by atoms with Crippen molar-refractivity contribution in [1.29, 1.82) is 0 Å². The van der Waals surface area contributed by atoms with E-state index in [0.29, 0.717) is 10.9 Å². The fraction of sp³-hybridized carbons (Fsp3) is 0.0667. The summed E-state index contributed by atoms with van der Waals surface area (Å²) in [6.07, 6.45) is 0. The van der Waals surface area contributed by atoms with Crippen molar-refractivity contribution in [2.45, 2.75) is 16.7 Å². The third kappa shape index (κ3) is 2.25. The van der Waals surface area contributed by atoms with Gasteiger partial charge in [0.1, 0.15) is 5.82 Å². The molecule has 0 unspecified atom stereocenters. The van der Waals surface area contributed by atoms with Crippen molar-refractivity contribution in [1.82, 2.24) is 9.97 Å². The Kier molecular flexibility index (Phi) is 3.22. The first kappa shape index (κ1) is 14.3. The minimum absolute atomic E-state index is 0.00936. The monoisotopic (exact) mass is 314 g/mol. The molecule has 0 saturated heterocycles. The van der Waals surface area contributed by atoms with Gasteiger partial charge in [-0.1, -0.05) is 18.2 Å². The second-order valence-electron chi connectivity index (χ2n) is 4.94. The van der Waals surface area contributed by atoms with Gasteiger partial charge in [0, 0.05) is 0 Å². The molecule has 3 aromatic rings. The Balaban J connectivity index is 2.35. The number of aryl methyl sites for hydroxylation is 1. The average molecular weight is 314 g/mol. The van der Waals surface area contributed by atoms with Gasteiger partial charge in [-0.3, -0.25) is 0 Å². The van der Waals surface area contributed by atoms with Gasteiger partial charge in [0.15, 0.2) is 0 Å². The van der Waals surface area contributed by atoms with Crippen LogP contribution in [-0.4, -0.2) is 18.4 Å². The van der Waals surface area contributed by atoms with Crippen molar-refractivity contribution in [2.75, 3.05) is 11.5 Å². The number of rotatable bonds is 2. The summed E-state index contributed by atoms with van der Waals surface area (Å²) < 4.78 is 25.8. The van der Waals surface area contributed by atoms with E-state index in [9.17, 15) is 8.42 Å². The molecule has 6 nitrogen and oxygen atoms in total. The molecule has 4 N–H and O–H groups in total. The number of fused-ring (bicyclic) bond motifs is 1. The quantitative estimate of drug-likeness (QED) is 0.747. The molecule has 0 aliphatic carbocycles. The Morgan fingerprint density at radius 3 is 2.45 bits per heavy atom. The third-order valence-electron chi connectivity index (χ3n) is 3.32. The maximum atomic E-state index is 12.9. The Labute approximate surface area is 127 Å². The minimum Gasteiger partial charge on any atom is -0.383 e. The second kappa shape index (κ2) is 4.96. The molecule has 22 heavy (non-hydrogen) atoms. The molecule has 0 radical (unpaired) electrons. The highest BCUT2D eigenvalue weighted by molar-refractivity contribution is 7.91. The zero-order chi connectivity index (χ0) is 15.9. The highest BCUT2D eigenvalue weighted by atomic mass is 32.2. The molecule has 3 rings (SSSR count). The topological polar surface area (TPSA) is 112 Å². The number of nitrogens with two attached hydrogens (primary N) is 2. The maximum absolute atomic E-state index is 12.9. The highest BCUT2D eigenvalue weighted by Crippen LogP contribution is 2.31. The van der Waals surface area contributed by atoms with E-state index < -0.39 is 9.84 Å². The predicted octanol–water partition coefficient (Wildman–Crippen LogP) is 1.94. The summed E-state index contributed by atoms with van der Waals surface area (Å²) in [7, 11) is -3.72. The zero-order valence-electron chi connectivity index (χ0n) is 11.8. The van der Waals surface area contributed by atoms with Crippen molar-refractivity contribution in [2.24, 2.45) is 0 Å². The van der Waals surface area contributed by atoms with Gasteiger partial charge >= 0.3 is 0 Å². The highest BCUT2D eigenvalue weighted by Gasteiger charge is 2.22. The molecular weight excluding hydrogens is 300 g/mol. The Bertz CT molecular complexity index is 984. The van der Waals surface area contributed by atoms with Crippen LogP contribution in [0.1, 0.15) is 5.56 Å². The molecule has 1 heterocycles. The van der Waals surface area contributed by atoms with Crippen LogP contribution in [0.15, 0.2) is 52.3 Å². The molecule has 0 aliphatic rings. The summed E-state index contributed by atoms with van der Waals surface area (Å²) in [5, 5.41) is 0.290. The summed E-state index contributed by atoms with van der Waals surface area (Å²) in [6.45, 7) is 1.83. The van der Waals surface area contributed by atoms with Gasteiger partial charge in [-0.2, -0.15) is 4.98 Å². The van der Waals surface area contributed by atoms with E-state index in [1.54, 1.807) is 30.3 Å². The summed E-state index contributed by atoms with van der Waals surface area (Å²) in [4.78, 5) is 8.19. The molecule has 0 fully saturated rings. The molecule has 7 heteroatoms. The van der Waals surface area contributed by atoms with Crippen molar-refractivity contribution in [3.05, 3.63) is 48.0 Å². The van der Waals surface area contributed by atoms with Crippen LogP contribution in [0.3, 0.4) is 0 Å². The Morgan fingerprint density at radius 1 is 1.00 bits per heavy atom. The van der Waals surface area contributed by atoms with Crippen LogP contribution in [0, 0.1) is 6.92 Å².